The van der Waals surface area contributed by atoms with Gasteiger partial charge in [-0.25, -0.2) is 0 Å². The Morgan fingerprint density at radius 2 is 1.10 bits per heavy atom. The summed E-state index contributed by atoms with van der Waals surface area (Å²) < 4.78 is 35.2. The zero-order valence-electron chi connectivity index (χ0n) is 12.2. The number of hydrogen-bond donors (Lipinski definition) is 0. The van der Waals surface area contributed by atoms with Crippen molar-refractivity contribution in [3.63, 3.8) is 0 Å². The Hall–Kier alpha value is 1.91. The van der Waals surface area contributed by atoms with Gasteiger partial charge in [-0.15, -0.1) is 0 Å². The minimum Gasteiger partial charge on any atom is -0.344 e. The van der Waals surface area contributed by atoms with Crippen molar-refractivity contribution in [2.24, 2.45) is 0 Å². The zero-order valence-corrected chi connectivity index (χ0v) is 19.7. The van der Waals surface area contributed by atoms with Crippen molar-refractivity contribution >= 4 is 76.6 Å². The summed E-state index contributed by atoms with van der Waals surface area (Å²) in [4.78, 5) is 0. The average Bonchev–Trinajstić information content (AvgIpc) is 2.39. The molecule has 10 heteroatoms. The summed E-state index contributed by atoms with van der Waals surface area (Å²) in [5, 5.41) is 0. The summed E-state index contributed by atoms with van der Waals surface area (Å²) >= 11 is 6.29. The molecule has 3 atom stereocenters. The van der Waals surface area contributed by atoms with E-state index in [1.54, 1.807) is 26.5 Å². The number of alkyl halides is 3. The van der Waals surface area contributed by atoms with E-state index in [9.17, 15) is 0 Å². The number of halogens is 3. The highest BCUT2D eigenvalue weighted by Crippen LogP contribution is 2.20. The van der Waals surface area contributed by atoms with Crippen LogP contribution in [-0.4, -0.2) is 41.5 Å². The summed E-state index contributed by atoms with van der Waals surface area (Å²) in [7, 11) is -3.19. The minimum atomic E-state index is -3.19. The van der Waals surface area contributed by atoms with Gasteiger partial charge in [-0.2, -0.15) is 0 Å². The lowest BCUT2D eigenvalue weighted by molar-refractivity contribution is -0.160. The fourth-order valence-corrected chi connectivity index (χ4v) is 4.86. The predicted octanol–water partition coefficient (Wildman–Crippen LogP) is 3.97. The molecule has 0 spiro atoms. The van der Waals surface area contributed by atoms with E-state index in [1.165, 1.54) is 0 Å². The lowest BCUT2D eigenvalue weighted by Gasteiger charge is -2.33. The molecule has 0 bridgehead atoms. The van der Waals surface area contributed by atoms with E-state index < -0.39 is 27.7 Å². The summed E-state index contributed by atoms with van der Waals surface area (Å²) in [6, 6.07) is 0. The first-order chi connectivity index (χ1) is 9.92. The van der Waals surface area contributed by atoms with Crippen LogP contribution in [0, 0.1) is 0 Å². The molecule has 6 nitrogen and oxygen atoms in total. The molecule has 3 unspecified atom stereocenters. The van der Waals surface area contributed by atoms with Gasteiger partial charge in [-0.1, -0.05) is 74.4 Å². The monoisotopic (exact) mass is 658 g/mol. The molecule has 0 aromatic rings. The van der Waals surface area contributed by atoms with Crippen LogP contribution in [-0.2, 0) is 27.5 Å². The van der Waals surface area contributed by atoms with Gasteiger partial charge < -0.3 is 27.5 Å². The van der Waals surface area contributed by atoms with Crippen molar-refractivity contribution in [3.8, 4) is 0 Å². The highest BCUT2D eigenvalue weighted by molar-refractivity contribution is 14.1. The van der Waals surface area contributed by atoms with Gasteiger partial charge >= 0.3 is 8.80 Å². The molecule has 0 heterocycles. The van der Waals surface area contributed by atoms with E-state index in [2.05, 4.69) is 74.4 Å². The van der Waals surface area contributed by atoms with E-state index in [4.69, 9.17) is 27.5 Å². The average molecular weight is 658 g/mol. The van der Waals surface area contributed by atoms with Crippen LogP contribution >= 0.6 is 67.8 Å². The van der Waals surface area contributed by atoms with Crippen LogP contribution < -0.4 is 0 Å². The van der Waals surface area contributed by atoms with E-state index in [1.807, 2.05) is 0 Å². The Morgan fingerprint density at radius 3 is 1.29 bits per heavy atom. The molecule has 0 rings (SSSR count). The summed E-state index contributed by atoms with van der Waals surface area (Å²) in [5.41, 5.74) is 1.56. The van der Waals surface area contributed by atoms with Crippen LogP contribution in [0.5, 0.6) is 0 Å². The maximum Gasteiger partial charge on any atom is 0.534 e. The fraction of sp³-hybridized carbons (Fsp3) is 0.818. The highest BCUT2D eigenvalue weighted by Gasteiger charge is 2.44. The van der Waals surface area contributed by atoms with Gasteiger partial charge in [0, 0.05) is 0 Å². The molecule has 0 aromatic heterocycles. The van der Waals surface area contributed by atoms with Gasteiger partial charge in [0.05, 0.1) is 0 Å². The fourth-order valence-electron chi connectivity index (χ4n) is 1.29. The summed E-state index contributed by atoms with van der Waals surface area (Å²) in [6.45, 7) is 9.13. The van der Waals surface area contributed by atoms with E-state index >= 15 is 0 Å². The van der Waals surface area contributed by atoms with Crippen molar-refractivity contribution in [2.45, 2.75) is 39.6 Å². The Balaban J connectivity index is 4.93. The Kier molecular flexibility index (Phi) is 14.4. The maximum absolute atomic E-state index is 5.85. The van der Waals surface area contributed by atoms with E-state index in [-0.39, 0.29) is 0 Å². The van der Waals surface area contributed by atoms with E-state index in [0.717, 1.165) is 0 Å². The number of rotatable bonds is 13. The quantitative estimate of drug-likeness (QED) is 0.129. The molecule has 0 saturated carbocycles. The third kappa shape index (κ3) is 10.4. The molecule has 0 aliphatic heterocycles. The molecule has 0 fully saturated rings. The zero-order chi connectivity index (χ0) is 16.3. The maximum atomic E-state index is 5.85. The van der Waals surface area contributed by atoms with Crippen LogP contribution in [0.25, 0.3) is 0 Å². The Labute approximate surface area is 168 Å². The third-order valence-corrected chi connectivity index (χ3v) is 5.69. The summed E-state index contributed by atoms with van der Waals surface area (Å²) in [6.07, 6.45) is -1.44. The van der Waals surface area contributed by atoms with Crippen LogP contribution in [0.15, 0.2) is 12.3 Å². The molecule has 21 heavy (non-hydrogen) atoms. The summed E-state index contributed by atoms with van der Waals surface area (Å²) in [5.74, 6) is 0. The lowest BCUT2D eigenvalue weighted by atomic mass is 10.8. The van der Waals surface area contributed by atoms with Crippen LogP contribution in [0.4, 0.5) is 0 Å². The topological polar surface area (TPSA) is 55.4 Å². The van der Waals surface area contributed by atoms with Crippen molar-refractivity contribution in [1.82, 2.24) is 0 Å². The Bertz CT molecular complexity index is 251. The molecular weight excluding hydrogens is 637 g/mol. The number of ether oxygens (including phenoxy) is 3. The first kappa shape index (κ1) is 22.9. The standard InChI is InChI=1S/C11H21I3O6Si/c1-5-21(18-9(2)15-6-12,19-10(3)16-7-13)20-11(4)17-8-14/h5,9-11H,1,6-8H2,2-4H3. The normalized spacial score (nSPS) is 18.8. The predicted molar refractivity (Wildman–Crippen MR) is 108 cm³/mol. The SMILES string of the molecule is C=C[Si](OC(C)OCI)(OC(C)OCI)OC(C)OCI. The molecular formula is C11H21I3O6Si. The number of hydrogen-bond acceptors (Lipinski definition) is 6. The van der Waals surface area contributed by atoms with Crippen molar-refractivity contribution < 1.29 is 27.5 Å². The molecule has 0 aliphatic rings. The second kappa shape index (κ2) is 13.2. The van der Waals surface area contributed by atoms with Crippen LogP contribution in [0.3, 0.4) is 0 Å². The second-order valence-electron chi connectivity index (χ2n) is 3.69. The minimum absolute atomic E-state index is 0.481. The van der Waals surface area contributed by atoms with Gasteiger partial charge in [0.2, 0.25) is 0 Å². The molecule has 0 amide bonds. The van der Waals surface area contributed by atoms with Crippen molar-refractivity contribution in [1.29, 1.82) is 0 Å². The van der Waals surface area contributed by atoms with E-state index in [0.29, 0.717) is 13.8 Å². The molecule has 0 radical (unpaired) electrons. The van der Waals surface area contributed by atoms with Gasteiger partial charge in [-0.3, -0.25) is 0 Å². The first-order valence-electron chi connectivity index (χ1n) is 6.12. The molecule has 0 saturated heterocycles. The van der Waals surface area contributed by atoms with Gasteiger partial charge in [0.15, 0.2) is 0 Å². The molecule has 0 aromatic carbocycles. The lowest BCUT2D eigenvalue weighted by Crippen LogP contribution is -2.51. The van der Waals surface area contributed by atoms with Crippen molar-refractivity contribution in [2.75, 3.05) is 13.8 Å². The highest BCUT2D eigenvalue weighted by atomic mass is 127. The van der Waals surface area contributed by atoms with Gasteiger partial charge in [-0.05, 0) is 26.5 Å². The largest absolute Gasteiger partial charge is 0.534 e. The third-order valence-electron chi connectivity index (χ3n) is 2.13. The smallest absolute Gasteiger partial charge is 0.344 e. The molecule has 0 aliphatic carbocycles. The van der Waals surface area contributed by atoms with Crippen LogP contribution in [0.1, 0.15) is 20.8 Å². The molecule has 0 N–H and O–H groups in total. The van der Waals surface area contributed by atoms with Crippen molar-refractivity contribution in [3.05, 3.63) is 12.3 Å². The van der Waals surface area contributed by atoms with Gasteiger partial charge in [0.25, 0.3) is 0 Å². The first-order valence-corrected chi connectivity index (χ1v) is 12.5. The van der Waals surface area contributed by atoms with Crippen LogP contribution in [0.2, 0.25) is 0 Å². The van der Waals surface area contributed by atoms with Gasteiger partial charge in [0.1, 0.15) is 32.7 Å². The Morgan fingerprint density at radius 1 is 0.810 bits per heavy atom. The molecule has 126 valence electrons. The second-order valence-corrected chi connectivity index (χ2v) is 7.88.